The third-order valence-electron chi connectivity index (χ3n) is 3.94. The molecule has 1 unspecified atom stereocenters. The van der Waals surface area contributed by atoms with E-state index in [2.05, 4.69) is 28.9 Å². The second kappa shape index (κ2) is 19.0. The lowest BCUT2D eigenvalue weighted by Gasteiger charge is -2.14. The molecule has 0 saturated carbocycles. The van der Waals surface area contributed by atoms with Gasteiger partial charge in [-0.25, -0.2) is 4.79 Å². The monoisotopic (exact) mass is 404 g/mol. The lowest BCUT2D eigenvalue weighted by Crippen LogP contribution is -2.26. The fourth-order valence-electron chi connectivity index (χ4n) is 2.39. The van der Waals surface area contributed by atoms with Gasteiger partial charge in [0.1, 0.15) is 0 Å². The normalized spacial score (nSPS) is 12.6. The number of hydrogen-bond acceptors (Lipinski definition) is 3. The van der Waals surface area contributed by atoms with Gasteiger partial charge < -0.3 is 9.47 Å². The molecule has 1 atom stereocenters. The summed E-state index contributed by atoms with van der Waals surface area (Å²) in [5, 5.41) is 1.07. The Morgan fingerprint density at radius 3 is 2.38 bits per heavy atom. The Kier molecular flexibility index (Phi) is 18.7. The highest BCUT2D eigenvalue weighted by Gasteiger charge is 2.17. The van der Waals surface area contributed by atoms with Crippen molar-refractivity contribution in [2.45, 2.75) is 90.6 Å². The van der Waals surface area contributed by atoms with Crippen molar-refractivity contribution in [3.63, 3.8) is 0 Å². The van der Waals surface area contributed by atoms with Crippen LogP contribution < -0.4 is 0 Å². The summed E-state index contributed by atoms with van der Waals surface area (Å²) in [5.41, 5.74) is 0. The van der Waals surface area contributed by atoms with Crippen molar-refractivity contribution in [3.05, 3.63) is 12.2 Å². The number of ether oxygens (including phenoxy) is 2. The molecule has 0 aliphatic carbocycles. The highest BCUT2D eigenvalue weighted by molar-refractivity contribution is 9.09. The average molecular weight is 405 g/mol. The molecule has 0 radical (unpaired) electrons. The molecule has 0 amide bonds. The summed E-state index contributed by atoms with van der Waals surface area (Å²) in [4.78, 5) is 12.0. The van der Waals surface area contributed by atoms with Crippen molar-refractivity contribution < 1.29 is 14.3 Å². The van der Waals surface area contributed by atoms with Crippen LogP contribution in [-0.2, 0) is 14.3 Å². The molecule has 0 aromatic carbocycles. The Morgan fingerprint density at radius 1 is 0.958 bits per heavy atom. The summed E-state index contributed by atoms with van der Waals surface area (Å²) in [6.07, 6.45) is 16.3. The van der Waals surface area contributed by atoms with E-state index in [0.717, 1.165) is 24.6 Å². The van der Waals surface area contributed by atoms with Crippen LogP contribution in [0.3, 0.4) is 0 Å². The van der Waals surface area contributed by atoms with Crippen molar-refractivity contribution in [1.29, 1.82) is 0 Å². The molecule has 0 spiro atoms. The summed E-state index contributed by atoms with van der Waals surface area (Å²) < 4.78 is 11.0. The van der Waals surface area contributed by atoms with Gasteiger partial charge >= 0.3 is 5.97 Å². The Morgan fingerprint density at radius 2 is 1.67 bits per heavy atom. The molecule has 0 rings (SSSR count). The maximum Gasteiger partial charge on any atom is 0.335 e. The molecular formula is C20H37BrO3. The van der Waals surface area contributed by atoms with Gasteiger partial charge in [0.25, 0.3) is 0 Å². The topological polar surface area (TPSA) is 35.5 Å². The summed E-state index contributed by atoms with van der Waals surface area (Å²) in [7, 11) is 0. The van der Waals surface area contributed by atoms with E-state index < -0.39 is 6.10 Å². The second-order valence-electron chi connectivity index (χ2n) is 6.18. The van der Waals surface area contributed by atoms with Crippen LogP contribution in [0.25, 0.3) is 0 Å². The Balaban J connectivity index is 3.64. The molecule has 0 saturated heterocycles. The van der Waals surface area contributed by atoms with Crippen LogP contribution >= 0.6 is 15.9 Å². The van der Waals surface area contributed by atoms with Gasteiger partial charge in [-0.2, -0.15) is 0 Å². The first-order valence-corrected chi connectivity index (χ1v) is 10.9. The van der Waals surface area contributed by atoms with Crippen molar-refractivity contribution in [2.24, 2.45) is 0 Å². The quantitative estimate of drug-likeness (QED) is 0.125. The maximum absolute atomic E-state index is 12.0. The SMILES string of the molecule is CCCCCC/C=C\COC(CC)C(=O)OCCCCCCCBr. The van der Waals surface area contributed by atoms with Crippen molar-refractivity contribution in [3.8, 4) is 0 Å². The largest absolute Gasteiger partial charge is 0.464 e. The number of unbranched alkanes of at least 4 members (excludes halogenated alkanes) is 8. The molecule has 0 N–H and O–H groups in total. The standard InChI is InChI=1S/C20H37BrO3/c1-3-5-6-7-8-11-14-17-23-19(4-2)20(22)24-18-15-12-9-10-13-16-21/h11,14,19H,3-10,12-13,15-18H2,1-2H3/b14-11-. The van der Waals surface area contributed by atoms with Crippen LogP contribution in [-0.4, -0.2) is 30.6 Å². The van der Waals surface area contributed by atoms with Gasteiger partial charge in [0.15, 0.2) is 6.10 Å². The Bertz CT molecular complexity index is 305. The second-order valence-corrected chi connectivity index (χ2v) is 6.97. The Hall–Kier alpha value is -0.350. The molecule has 24 heavy (non-hydrogen) atoms. The van der Waals surface area contributed by atoms with E-state index in [9.17, 15) is 4.79 Å². The zero-order valence-corrected chi connectivity index (χ0v) is 17.3. The molecule has 4 heteroatoms. The first kappa shape index (κ1) is 23.6. The molecule has 3 nitrogen and oxygen atoms in total. The highest BCUT2D eigenvalue weighted by Crippen LogP contribution is 2.07. The van der Waals surface area contributed by atoms with Gasteiger partial charge in [-0.05, 0) is 32.1 Å². The summed E-state index contributed by atoms with van der Waals surface area (Å²) >= 11 is 3.43. The zero-order chi connectivity index (χ0) is 17.9. The summed E-state index contributed by atoms with van der Waals surface area (Å²) in [6.45, 7) is 5.19. The number of carbonyl (C=O) groups excluding carboxylic acids is 1. The molecule has 0 heterocycles. The van der Waals surface area contributed by atoms with E-state index in [4.69, 9.17) is 9.47 Å². The number of alkyl halides is 1. The van der Waals surface area contributed by atoms with Gasteiger partial charge in [0, 0.05) is 5.33 Å². The van der Waals surface area contributed by atoms with E-state index in [1.54, 1.807) is 0 Å². The van der Waals surface area contributed by atoms with E-state index in [1.165, 1.54) is 44.9 Å². The fraction of sp³-hybridized carbons (Fsp3) is 0.850. The van der Waals surface area contributed by atoms with Crippen molar-refractivity contribution >= 4 is 21.9 Å². The molecule has 0 fully saturated rings. The highest BCUT2D eigenvalue weighted by atomic mass is 79.9. The molecule has 0 aliphatic heterocycles. The van der Waals surface area contributed by atoms with E-state index >= 15 is 0 Å². The lowest BCUT2D eigenvalue weighted by atomic mass is 10.1. The summed E-state index contributed by atoms with van der Waals surface area (Å²) in [6, 6.07) is 0. The van der Waals surface area contributed by atoms with Gasteiger partial charge in [0.05, 0.1) is 13.2 Å². The smallest absolute Gasteiger partial charge is 0.335 e. The number of hydrogen-bond donors (Lipinski definition) is 0. The third kappa shape index (κ3) is 15.2. The van der Waals surface area contributed by atoms with Crippen LogP contribution in [0.2, 0.25) is 0 Å². The zero-order valence-electron chi connectivity index (χ0n) is 15.7. The van der Waals surface area contributed by atoms with E-state index in [0.29, 0.717) is 19.6 Å². The lowest BCUT2D eigenvalue weighted by molar-refractivity contribution is -0.156. The van der Waals surface area contributed by atoms with Crippen molar-refractivity contribution in [1.82, 2.24) is 0 Å². The first-order valence-electron chi connectivity index (χ1n) is 9.75. The minimum atomic E-state index is -0.428. The average Bonchev–Trinajstić information content (AvgIpc) is 2.59. The van der Waals surface area contributed by atoms with Crippen LogP contribution in [0.15, 0.2) is 12.2 Å². The molecule has 0 aromatic rings. The van der Waals surface area contributed by atoms with Gasteiger partial charge in [-0.15, -0.1) is 0 Å². The van der Waals surface area contributed by atoms with E-state index in [-0.39, 0.29) is 5.97 Å². The third-order valence-corrected chi connectivity index (χ3v) is 4.50. The van der Waals surface area contributed by atoms with Gasteiger partial charge in [0.2, 0.25) is 0 Å². The Labute approximate surface area is 157 Å². The van der Waals surface area contributed by atoms with Crippen LogP contribution in [0.4, 0.5) is 0 Å². The number of rotatable bonds is 17. The molecule has 0 aromatic heterocycles. The summed E-state index contributed by atoms with van der Waals surface area (Å²) in [5.74, 6) is -0.214. The van der Waals surface area contributed by atoms with Gasteiger partial charge in [-0.3, -0.25) is 0 Å². The molecule has 0 bridgehead atoms. The minimum absolute atomic E-state index is 0.214. The maximum atomic E-state index is 12.0. The number of esters is 1. The minimum Gasteiger partial charge on any atom is -0.464 e. The number of halogens is 1. The van der Waals surface area contributed by atoms with Crippen LogP contribution in [0.1, 0.15) is 84.5 Å². The number of carbonyl (C=O) groups is 1. The van der Waals surface area contributed by atoms with E-state index in [1.807, 2.05) is 13.0 Å². The molecular weight excluding hydrogens is 368 g/mol. The fourth-order valence-corrected chi connectivity index (χ4v) is 2.79. The predicted octanol–water partition coefficient (Wildman–Crippen LogP) is 6.20. The number of allylic oxidation sites excluding steroid dienone is 1. The molecule has 142 valence electrons. The van der Waals surface area contributed by atoms with Crippen LogP contribution in [0.5, 0.6) is 0 Å². The van der Waals surface area contributed by atoms with Gasteiger partial charge in [-0.1, -0.05) is 80.5 Å². The van der Waals surface area contributed by atoms with Crippen molar-refractivity contribution in [2.75, 3.05) is 18.5 Å². The predicted molar refractivity (Wildman–Crippen MR) is 106 cm³/mol. The molecule has 0 aliphatic rings. The first-order chi connectivity index (χ1) is 11.8. The van der Waals surface area contributed by atoms with Crippen LogP contribution in [0, 0.1) is 0 Å².